The van der Waals surface area contributed by atoms with E-state index in [1.807, 2.05) is 48.5 Å². The smallest absolute Gasteiger partial charge is 0.270 e. The number of ketones is 1. The van der Waals surface area contributed by atoms with Gasteiger partial charge in [-0.15, -0.1) is 0 Å². The van der Waals surface area contributed by atoms with Gasteiger partial charge >= 0.3 is 0 Å². The highest BCUT2D eigenvalue weighted by atomic mass is 16.6. The molecule has 3 aromatic carbocycles. The van der Waals surface area contributed by atoms with Crippen LogP contribution >= 0.6 is 0 Å². The second-order valence-corrected chi connectivity index (χ2v) is 7.53. The van der Waals surface area contributed by atoms with E-state index in [0.717, 1.165) is 16.5 Å². The Balaban J connectivity index is 1.43. The van der Waals surface area contributed by atoms with Gasteiger partial charge in [-0.2, -0.15) is 0 Å². The van der Waals surface area contributed by atoms with Crippen molar-refractivity contribution in [2.24, 2.45) is 0 Å². The van der Waals surface area contributed by atoms with Crippen LogP contribution in [-0.2, 0) is 6.61 Å². The van der Waals surface area contributed by atoms with Crippen LogP contribution in [-0.4, -0.2) is 15.7 Å². The van der Waals surface area contributed by atoms with Gasteiger partial charge in [-0.05, 0) is 42.8 Å². The number of fused-ring (bicyclic) bond motifs is 2. The molecule has 0 atom stereocenters. The van der Waals surface area contributed by atoms with Gasteiger partial charge in [-0.25, -0.2) is 0 Å². The number of rotatable bonds is 6. The van der Waals surface area contributed by atoms with Crippen molar-refractivity contribution in [3.63, 3.8) is 0 Å². The summed E-state index contributed by atoms with van der Waals surface area (Å²) in [4.78, 5) is 26.8. The summed E-state index contributed by atoms with van der Waals surface area (Å²) in [6.07, 6.45) is 0. The summed E-state index contributed by atoms with van der Waals surface area (Å²) in [6, 6.07) is 21.5. The van der Waals surface area contributed by atoms with Crippen molar-refractivity contribution in [3.05, 3.63) is 105 Å². The normalized spacial score (nSPS) is 11.2. The molecule has 0 aliphatic rings. The fraction of sp³-hybridized carbons (Fsp3) is 0.0800. The van der Waals surface area contributed by atoms with Gasteiger partial charge in [-0.1, -0.05) is 30.3 Å². The number of carbonyl (C=O) groups is 1. The summed E-state index contributed by atoms with van der Waals surface area (Å²) >= 11 is 0. The molecule has 0 aliphatic carbocycles. The van der Waals surface area contributed by atoms with E-state index in [0.29, 0.717) is 34.6 Å². The monoisotopic (exact) mass is 426 g/mol. The Bertz CT molecular complexity index is 1480. The van der Waals surface area contributed by atoms with E-state index >= 15 is 0 Å². The minimum absolute atomic E-state index is 0.0472. The van der Waals surface area contributed by atoms with Crippen molar-refractivity contribution in [3.8, 4) is 5.75 Å². The van der Waals surface area contributed by atoms with E-state index in [1.54, 1.807) is 13.0 Å². The standard InChI is InChI=1S/C25H18N2O5/c1-15-20-13-18(27(29)30)7-10-23(20)32-25(15)24(28)22-12-17-11-19(8-9-21(17)26-22)31-14-16-5-3-2-4-6-16/h2-13,26H,14H2,1H3. The number of hydrogen-bond donors (Lipinski definition) is 1. The number of nitrogens with zero attached hydrogens (tertiary/aromatic N) is 1. The largest absolute Gasteiger partial charge is 0.489 e. The highest BCUT2D eigenvalue weighted by Gasteiger charge is 2.22. The molecule has 7 nitrogen and oxygen atoms in total. The quantitative estimate of drug-likeness (QED) is 0.206. The number of H-pyrrole nitrogens is 1. The number of hydrogen-bond acceptors (Lipinski definition) is 5. The molecule has 158 valence electrons. The Labute approximate surface area is 182 Å². The summed E-state index contributed by atoms with van der Waals surface area (Å²) in [7, 11) is 0. The van der Waals surface area contributed by atoms with Gasteiger partial charge < -0.3 is 14.1 Å². The summed E-state index contributed by atoms with van der Waals surface area (Å²) in [5, 5.41) is 12.5. The van der Waals surface area contributed by atoms with Crippen molar-refractivity contribution in [1.82, 2.24) is 4.98 Å². The lowest BCUT2D eigenvalue weighted by atomic mass is 10.1. The first-order valence-corrected chi connectivity index (χ1v) is 10.0. The van der Waals surface area contributed by atoms with E-state index in [2.05, 4.69) is 4.98 Å². The maximum Gasteiger partial charge on any atom is 0.270 e. The molecule has 7 heteroatoms. The Kier molecular flexibility index (Phi) is 4.71. The Hall–Kier alpha value is -4.39. The number of nitro groups is 1. The minimum Gasteiger partial charge on any atom is -0.489 e. The van der Waals surface area contributed by atoms with Crippen LogP contribution in [0.4, 0.5) is 5.69 Å². The summed E-state index contributed by atoms with van der Waals surface area (Å²) < 4.78 is 11.6. The molecule has 0 spiro atoms. The average Bonchev–Trinajstić information content (AvgIpc) is 3.38. The molecule has 32 heavy (non-hydrogen) atoms. The van der Waals surface area contributed by atoms with E-state index < -0.39 is 4.92 Å². The van der Waals surface area contributed by atoms with E-state index in [4.69, 9.17) is 9.15 Å². The van der Waals surface area contributed by atoms with Gasteiger partial charge in [0.1, 0.15) is 17.9 Å². The highest BCUT2D eigenvalue weighted by molar-refractivity contribution is 6.11. The molecule has 0 saturated heterocycles. The second kappa shape index (κ2) is 7.70. The number of aromatic amines is 1. The molecule has 0 bridgehead atoms. The molecule has 0 aliphatic heterocycles. The Morgan fingerprint density at radius 1 is 1.06 bits per heavy atom. The van der Waals surface area contributed by atoms with Crippen LogP contribution in [0.5, 0.6) is 5.75 Å². The third-order valence-corrected chi connectivity index (χ3v) is 5.42. The lowest BCUT2D eigenvalue weighted by molar-refractivity contribution is -0.384. The van der Waals surface area contributed by atoms with Crippen LogP contribution in [0.3, 0.4) is 0 Å². The zero-order valence-electron chi connectivity index (χ0n) is 17.1. The molecule has 5 rings (SSSR count). The number of benzene rings is 3. The predicted octanol–water partition coefficient (Wildman–Crippen LogP) is 5.94. The Morgan fingerprint density at radius 3 is 2.66 bits per heavy atom. The van der Waals surface area contributed by atoms with Gasteiger partial charge in [-0.3, -0.25) is 14.9 Å². The predicted molar refractivity (Wildman–Crippen MR) is 120 cm³/mol. The molecule has 0 unspecified atom stereocenters. The third-order valence-electron chi connectivity index (χ3n) is 5.42. The van der Waals surface area contributed by atoms with Crippen molar-refractivity contribution < 1.29 is 18.9 Å². The first kappa shape index (κ1) is 19.6. The Morgan fingerprint density at radius 2 is 1.88 bits per heavy atom. The molecule has 1 N–H and O–H groups in total. The molecule has 0 amide bonds. The molecule has 0 radical (unpaired) electrons. The van der Waals surface area contributed by atoms with Crippen LogP contribution < -0.4 is 4.74 Å². The first-order valence-electron chi connectivity index (χ1n) is 10.0. The van der Waals surface area contributed by atoms with Gasteiger partial charge in [0.05, 0.1) is 10.6 Å². The lowest BCUT2D eigenvalue weighted by Gasteiger charge is -2.06. The van der Waals surface area contributed by atoms with Gasteiger partial charge in [0.15, 0.2) is 5.76 Å². The molecule has 0 fully saturated rings. The molecule has 2 heterocycles. The molecular formula is C25H18N2O5. The number of ether oxygens (including phenoxy) is 1. The zero-order valence-corrected chi connectivity index (χ0v) is 17.1. The fourth-order valence-corrected chi connectivity index (χ4v) is 3.73. The maximum atomic E-state index is 13.1. The number of furan rings is 1. The van der Waals surface area contributed by atoms with E-state index in [1.165, 1.54) is 18.2 Å². The van der Waals surface area contributed by atoms with Crippen LogP contribution in [0.2, 0.25) is 0 Å². The first-order chi connectivity index (χ1) is 15.5. The minimum atomic E-state index is -0.470. The number of aryl methyl sites for hydroxylation is 1. The van der Waals surface area contributed by atoms with Gasteiger partial charge in [0, 0.05) is 34.0 Å². The number of nitrogens with one attached hydrogen (secondary N) is 1. The number of nitro benzene ring substituents is 1. The third kappa shape index (κ3) is 3.50. The number of non-ortho nitro benzene ring substituents is 1. The van der Waals surface area contributed by atoms with Gasteiger partial charge in [0.25, 0.3) is 5.69 Å². The SMILES string of the molecule is Cc1c(C(=O)c2cc3cc(OCc4ccccc4)ccc3[nH]2)oc2ccc([N+](=O)[O-])cc12. The number of aromatic nitrogens is 1. The van der Waals surface area contributed by atoms with E-state index in [9.17, 15) is 14.9 Å². The molecular weight excluding hydrogens is 408 g/mol. The maximum absolute atomic E-state index is 13.1. The summed E-state index contributed by atoms with van der Waals surface area (Å²) in [5.74, 6) is 0.545. The molecule has 5 aromatic rings. The van der Waals surface area contributed by atoms with Crippen molar-refractivity contribution in [1.29, 1.82) is 0 Å². The van der Waals surface area contributed by atoms with Crippen LogP contribution in [0, 0.1) is 17.0 Å². The van der Waals surface area contributed by atoms with Crippen molar-refractivity contribution >= 4 is 33.3 Å². The molecule has 0 saturated carbocycles. The van der Waals surface area contributed by atoms with E-state index in [-0.39, 0.29) is 17.2 Å². The summed E-state index contributed by atoms with van der Waals surface area (Å²) in [5.41, 5.74) is 3.19. The lowest BCUT2D eigenvalue weighted by Crippen LogP contribution is -2.01. The fourth-order valence-electron chi connectivity index (χ4n) is 3.73. The van der Waals surface area contributed by atoms with Crippen LogP contribution in [0.15, 0.2) is 77.2 Å². The topological polar surface area (TPSA) is 98.4 Å². The average molecular weight is 426 g/mol. The number of carbonyl (C=O) groups excluding carboxylic acids is 1. The second-order valence-electron chi connectivity index (χ2n) is 7.53. The highest BCUT2D eigenvalue weighted by Crippen LogP contribution is 2.31. The van der Waals surface area contributed by atoms with Gasteiger partial charge in [0.2, 0.25) is 5.78 Å². The molecule has 2 aromatic heterocycles. The van der Waals surface area contributed by atoms with Crippen LogP contribution in [0.1, 0.15) is 27.4 Å². The zero-order chi connectivity index (χ0) is 22.2. The van der Waals surface area contributed by atoms with Crippen LogP contribution in [0.25, 0.3) is 21.9 Å². The van der Waals surface area contributed by atoms with Crippen molar-refractivity contribution in [2.45, 2.75) is 13.5 Å². The summed E-state index contributed by atoms with van der Waals surface area (Å²) in [6.45, 7) is 2.17. The van der Waals surface area contributed by atoms with Crippen molar-refractivity contribution in [2.75, 3.05) is 0 Å².